The molecule has 1 aliphatic rings. The molecule has 1 aliphatic heterocycles. The maximum Gasteiger partial charge on any atom is 0.251 e. The Kier molecular flexibility index (Phi) is 4.54. The lowest BCUT2D eigenvalue weighted by atomic mass is 10.2. The van der Waals surface area contributed by atoms with E-state index in [1.807, 2.05) is 24.3 Å². The number of methoxy groups -OCH3 is 1. The highest BCUT2D eigenvalue weighted by Crippen LogP contribution is 2.25. The summed E-state index contributed by atoms with van der Waals surface area (Å²) in [4.78, 5) is 15.7. The summed E-state index contributed by atoms with van der Waals surface area (Å²) in [5.74, 6) is 1.53. The van der Waals surface area contributed by atoms with E-state index in [0.29, 0.717) is 19.6 Å². The molecule has 0 bridgehead atoms. The van der Waals surface area contributed by atoms with Gasteiger partial charge < -0.3 is 19.2 Å². The molecule has 3 rings (SSSR count). The number of hydrogen-bond acceptors (Lipinski definition) is 5. The largest absolute Gasteiger partial charge is 0.497 e. The van der Waals surface area contributed by atoms with Gasteiger partial charge in [0.25, 0.3) is 5.91 Å². The van der Waals surface area contributed by atoms with Crippen LogP contribution in [0.5, 0.6) is 5.75 Å². The number of furan rings is 1. The number of carbonyl (C=O) groups is 1. The van der Waals surface area contributed by atoms with E-state index in [2.05, 4.69) is 4.90 Å². The number of hydrogen-bond donors (Lipinski definition) is 1. The number of amides is 1. The molecular weight excluding hydrogens is 296 g/mol. The van der Waals surface area contributed by atoms with E-state index in [0.717, 1.165) is 35.6 Å². The monoisotopic (exact) mass is 318 g/mol. The molecule has 1 fully saturated rings. The molecule has 124 valence electrons. The van der Waals surface area contributed by atoms with E-state index in [1.54, 1.807) is 12.0 Å². The van der Waals surface area contributed by atoms with Crippen molar-refractivity contribution in [2.45, 2.75) is 19.6 Å². The molecule has 2 heterocycles. The summed E-state index contributed by atoms with van der Waals surface area (Å²) >= 11 is 0. The van der Waals surface area contributed by atoms with Gasteiger partial charge >= 0.3 is 0 Å². The first kappa shape index (κ1) is 15.8. The predicted octanol–water partition coefficient (Wildman–Crippen LogP) is 1.47. The minimum absolute atomic E-state index is 0.194. The third-order valence-corrected chi connectivity index (χ3v) is 4.20. The highest BCUT2D eigenvalue weighted by Gasteiger charge is 2.24. The van der Waals surface area contributed by atoms with Gasteiger partial charge in [-0.25, -0.2) is 0 Å². The van der Waals surface area contributed by atoms with E-state index in [1.165, 1.54) is 6.92 Å². The molecule has 0 spiro atoms. The van der Waals surface area contributed by atoms with Crippen molar-refractivity contribution >= 4 is 16.9 Å². The number of nitrogens with zero attached hydrogens (tertiary/aromatic N) is 2. The summed E-state index contributed by atoms with van der Waals surface area (Å²) in [5, 5.41) is 10.4. The molecule has 6 heteroatoms. The lowest BCUT2D eigenvalue weighted by Gasteiger charge is -2.34. The van der Waals surface area contributed by atoms with E-state index in [-0.39, 0.29) is 5.91 Å². The van der Waals surface area contributed by atoms with Gasteiger partial charge in [0.15, 0.2) is 0 Å². The Labute approximate surface area is 135 Å². The summed E-state index contributed by atoms with van der Waals surface area (Å²) in [6, 6.07) is 7.79. The standard InChI is InChI=1S/C17H22N2O4/c1-12(20)17(21)19-7-5-18(6-8-19)11-15-10-13-9-14(22-2)3-4-16(13)23-15/h3-4,9-10,12,20H,5-8,11H2,1-2H3. The van der Waals surface area contributed by atoms with Crippen molar-refractivity contribution in [1.29, 1.82) is 0 Å². The molecule has 6 nitrogen and oxygen atoms in total. The molecule has 0 saturated carbocycles. The Morgan fingerprint density at radius 3 is 2.70 bits per heavy atom. The number of piperazine rings is 1. The molecule has 0 aliphatic carbocycles. The fraction of sp³-hybridized carbons (Fsp3) is 0.471. The van der Waals surface area contributed by atoms with Crippen molar-refractivity contribution < 1.29 is 19.1 Å². The molecule has 1 aromatic heterocycles. The summed E-state index contributed by atoms with van der Waals surface area (Å²) in [5.41, 5.74) is 0.851. The van der Waals surface area contributed by atoms with Crippen molar-refractivity contribution in [3.8, 4) is 5.75 Å². The minimum Gasteiger partial charge on any atom is -0.497 e. The summed E-state index contributed by atoms with van der Waals surface area (Å²) in [6.45, 7) is 5.05. The van der Waals surface area contributed by atoms with Crippen LogP contribution in [0.15, 0.2) is 28.7 Å². The van der Waals surface area contributed by atoms with Crippen molar-refractivity contribution in [3.63, 3.8) is 0 Å². The van der Waals surface area contributed by atoms with Gasteiger partial charge in [-0.1, -0.05) is 0 Å². The average molecular weight is 318 g/mol. The van der Waals surface area contributed by atoms with Gasteiger partial charge in [-0.15, -0.1) is 0 Å². The highest BCUT2D eigenvalue weighted by molar-refractivity contribution is 5.80. The number of aliphatic hydroxyl groups is 1. The summed E-state index contributed by atoms with van der Waals surface area (Å²) < 4.78 is 11.1. The third-order valence-electron chi connectivity index (χ3n) is 4.20. The Morgan fingerprint density at radius 2 is 2.04 bits per heavy atom. The predicted molar refractivity (Wildman–Crippen MR) is 86.3 cm³/mol. The Hall–Kier alpha value is -2.05. The number of carbonyl (C=O) groups excluding carboxylic acids is 1. The minimum atomic E-state index is -0.924. The summed E-state index contributed by atoms with van der Waals surface area (Å²) in [6.07, 6.45) is -0.924. The number of aliphatic hydroxyl groups excluding tert-OH is 1. The highest BCUT2D eigenvalue weighted by atomic mass is 16.5. The Bertz CT molecular complexity index is 687. The zero-order valence-electron chi connectivity index (χ0n) is 13.5. The SMILES string of the molecule is COc1ccc2oc(CN3CCN(C(=O)C(C)O)CC3)cc2c1. The van der Waals surface area contributed by atoms with Crippen LogP contribution in [-0.2, 0) is 11.3 Å². The molecule has 1 saturated heterocycles. The first-order chi connectivity index (χ1) is 11.1. The van der Waals surface area contributed by atoms with Crippen molar-refractivity contribution in [2.75, 3.05) is 33.3 Å². The van der Waals surface area contributed by atoms with Gasteiger partial charge in [0.1, 0.15) is 23.2 Å². The molecular formula is C17H22N2O4. The van der Waals surface area contributed by atoms with Crippen LogP contribution in [-0.4, -0.2) is 60.2 Å². The molecule has 23 heavy (non-hydrogen) atoms. The Morgan fingerprint density at radius 1 is 1.30 bits per heavy atom. The fourth-order valence-corrected chi connectivity index (χ4v) is 2.89. The Balaban J connectivity index is 1.61. The van der Waals surface area contributed by atoms with Gasteiger partial charge in [-0.3, -0.25) is 9.69 Å². The second kappa shape index (κ2) is 6.60. The molecule has 1 N–H and O–H groups in total. The van der Waals surface area contributed by atoms with Crippen LogP contribution in [0.25, 0.3) is 11.0 Å². The molecule has 1 atom stereocenters. The van der Waals surface area contributed by atoms with Gasteiger partial charge in [-0.05, 0) is 31.2 Å². The molecule has 1 aromatic carbocycles. The van der Waals surface area contributed by atoms with Crippen LogP contribution in [0, 0.1) is 0 Å². The first-order valence-electron chi connectivity index (χ1n) is 7.82. The van der Waals surface area contributed by atoms with Crippen molar-refractivity contribution in [2.24, 2.45) is 0 Å². The average Bonchev–Trinajstić information content (AvgIpc) is 2.95. The fourth-order valence-electron chi connectivity index (χ4n) is 2.89. The van der Waals surface area contributed by atoms with Gasteiger partial charge in [0.2, 0.25) is 0 Å². The number of fused-ring (bicyclic) bond motifs is 1. The smallest absolute Gasteiger partial charge is 0.251 e. The van der Waals surface area contributed by atoms with E-state index in [4.69, 9.17) is 9.15 Å². The van der Waals surface area contributed by atoms with Crippen LogP contribution >= 0.6 is 0 Å². The molecule has 1 amide bonds. The van der Waals surface area contributed by atoms with Gasteiger partial charge in [0, 0.05) is 31.6 Å². The first-order valence-corrected chi connectivity index (χ1v) is 7.82. The van der Waals surface area contributed by atoms with Crippen LogP contribution in [0.4, 0.5) is 0 Å². The van der Waals surface area contributed by atoms with E-state index in [9.17, 15) is 9.90 Å². The second-order valence-electron chi connectivity index (χ2n) is 5.89. The van der Waals surface area contributed by atoms with Crippen LogP contribution in [0.2, 0.25) is 0 Å². The number of rotatable bonds is 4. The van der Waals surface area contributed by atoms with Crippen LogP contribution in [0.3, 0.4) is 0 Å². The molecule has 0 radical (unpaired) electrons. The van der Waals surface area contributed by atoms with E-state index >= 15 is 0 Å². The third kappa shape index (κ3) is 3.48. The molecule has 2 aromatic rings. The maximum absolute atomic E-state index is 11.8. The quantitative estimate of drug-likeness (QED) is 0.925. The van der Waals surface area contributed by atoms with Gasteiger partial charge in [0.05, 0.1) is 13.7 Å². The zero-order valence-corrected chi connectivity index (χ0v) is 13.5. The number of ether oxygens (including phenoxy) is 1. The van der Waals surface area contributed by atoms with Crippen molar-refractivity contribution in [3.05, 3.63) is 30.0 Å². The summed E-state index contributed by atoms with van der Waals surface area (Å²) in [7, 11) is 1.65. The van der Waals surface area contributed by atoms with Gasteiger partial charge in [-0.2, -0.15) is 0 Å². The zero-order chi connectivity index (χ0) is 16.4. The lowest BCUT2D eigenvalue weighted by Crippen LogP contribution is -2.50. The second-order valence-corrected chi connectivity index (χ2v) is 5.89. The topological polar surface area (TPSA) is 66.2 Å². The number of benzene rings is 1. The molecule has 1 unspecified atom stereocenters. The van der Waals surface area contributed by atoms with Crippen LogP contribution < -0.4 is 4.74 Å². The van der Waals surface area contributed by atoms with Crippen molar-refractivity contribution in [1.82, 2.24) is 9.80 Å². The lowest BCUT2D eigenvalue weighted by molar-refractivity contribution is -0.141. The normalized spacial score (nSPS) is 17.4. The maximum atomic E-state index is 11.8. The van der Waals surface area contributed by atoms with Crippen LogP contribution in [0.1, 0.15) is 12.7 Å². The van der Waals surface area contributed by atoms with E-state index < -0.39 is 6.10 Å².